The van der Waals surface area contributed by atoms with Gasteiger partial charge in [0.2, 0.25) is 0 Å². The first-order valence-corrected chi connectivity index (χ1v) is 10.2. The molecule has 4 heteroatoms. The highest BCUT2D eigenvalue weighted by Crippen LogP contribution is 2.48. The van der Waals surface area contributed by atoms with Crippen molar-refractivity contribution in [2.75, 3.05) is 17.7 Å². The van der Waals surface area contributed by atoms with E-state index in [9.17, 15) is 0 Å². The molecule has 3 rings (SSSR count). The van der Waals surface area contributed by atoms with Gasteiger partial charge in [0.15, 0.2) is 0 Å². The van der Waals surface area contributed by atoms with Gasteiger partial charge in [-0.25, -0.2) is 0 Å². The largest absolute Gasteiger partial charge is 0.397 e. The van der Waals surface area contributed by atoms with Gasteiger partial charge in [0.25, 0.3) is 0 Å². The number of rotatable bonds is 5. The maximum absolute atomic E-state index is 9.09. The monoisotopic (exact) mass is 355 g/mol. The topological polar surface area (TPSA) is 71.1 Å². The number of ether oxygens (including phenoxy) is 1. The fraction of sp³-hybridized carbons (Fsp3) is 0.682. The molecule has 4 nitrogen and oxygen atoms in total. The molecule has 2 aliphatic carbocycles. The molecule has 0 spiro atoms. The second-order valence-corrected chi connectivity index (χ2v) is 8.42. The molecule has 2 saturated carbocycles. The Labute approximate surface area is 158 Å². The van der Waals surface area contributed by atoms with Gasteiger partial charge in [-0.15, -0.1) is 0 Å². The van der Waals surface area contributed by atoms with Crippen molar-refractivity contribution >= 4 is 11.4 Å². The minimum absolute atomic E-state index is 0.464. The predicted molar refractivity (Wildman–Crippen MR) is 107 cm³/mol. The van der Waals surface area contributed by atoms with Crippen LogP contribution in [-0.4, -0.2) is 18.8 Å². The Balaban J connectivity index is 1.52. The molecule has 0 unspecified atom stereocenters. The summed E-state index contributed by atoms with van der Waals surface area (Å²) in [5.74, 6) is 0.825. The normalized spacial score (nSPS) is 32.0. The van der Waals surface area contributed by atoms with Crippen LogP contribution in [0, 0.1) is 22.7 Å². The lowest BCUT2D eigenvalue weighted by molar-refractivity contribution is -0.0173. The first kappa shape index (κ1) is 19.0. The van der Waals surface area contributed by atoms with E-state index in [1.54, 1.807) is 6.07 Å². The summed E-state index contributed by atoms with van der Waals surface area (Å²) in [7, 11) is 0. The van der Waals surface area contributed by atoms with Crippen molar-refractivity contribution in [1.82, 2.24) is 0 Å². The van der Waals surface area contributed by atoms with E-state index in [-0.39, 0.29) is 0 Å². The minimum atomic E-state index is 0.464. The van der Waals surface area contributed by atoms with E-state index in [0.717, 1.165) is 23.9 Å². The number of benzene rings is 1. The summed E-state index contributed by atoms with van der Waals surface area (Å²) in [5.41, 5.74) is 8.87. The van der Waals surface area contributed by atoms with Gasteiger partial charge in [0.1, 0.15) is 0 Å². The summed E-state index contributed by atoms with van der Waals surface area (Å²) in [4.78, 5) is 0. The molecular weight excluding hydrogens is 322 g/mol. The molecule has 0 aliphatic heterocycles. The van der Waals surface area contributed by atoms with Gasteiger partial charge in [-0.3, -0.25) is 0 Å². The first-order valence-electron chi connectivity index (χ1n) is 10.2. The van der Waals surface area contributed by atoms with Crippen LogP contribution in [0.1, 0.15) is 70.8 Å². The summed E-state index contributed by atoms with van der Waals surface area (Å²) in [5, 5.41) is 12.7. The van der Waals surface area contributed by atoms with Crippen molar-refractivity contribution < 1.29 is 4.74 Å². The molecule has 0 heterocycles. The number of nitrogens with zero attached hydrogens (tertiary/aromatic N) is 1. The van der Waals surface area contributed by atoms with Crippen molar-refractivity contribution in [1.29, 1.82) is 5.26 Å². The van der Waals surface area contributed by atoms with Crippen LogP contribution in [0.5, 0.6) is 0 Å². The highest BCUT2D eigenvalue weighted by Gasteiger charge is 2.39. The molecule has 0 bridgehead atoms. The molecule has 0 amide bonds. The summed E-state index contributed by atoms with van der Waals surface area (Å²) in [6.45, 7) is 5.44. The summed E-state index contributed by atoms with van der Waals surface area (Å²) >= 11 is 0. The Morgan fingerprint density at radius 3 is 2.50 bits per heavy atom. The Bertz CT molecular complexity index is 635. The number of hydrogen-bond donors (Lipinski definition) is 2. The second-order valence-electron chi connectivity index (χ2n) is 8.42. The fourth-order valence-electron chi connectivity index (χ4n) is 4.97. The van der Waals surface area contributed by atoms with Crippen molar-refractivity contribution in [2.45, 2.75) is 77.4 Å². The molecule has 0 saturated heterocycles. The zero-order valence-electron chi connectivity index (χ0n) is 16.3. The molecule has 26 heavy (non-hydrogen) atoms. The highest BCUT2D eigenvalue weighted by molar-refractivity contribution is 5.68. The van der Waals surface area contributed by atoms with Crippen LogP contribution in [-0.2, 0) is 4.74 Å². The molecule has 1 aromatic carbocycles. The second kappa shape index (κ2) is 8.31. The molecule has 0 radical (unpaired) electrons. The van der Waals surface area contributed by atoms with Crippen LogP contribution in [0.4, 0.5) is 11.4 Å². The Kier molecular flexibility index (Phi) is 6.09. The molecule has 2 aliphatic rings. The molecule has 0 atom stereocenters. The van der Waals surface area contributed by atoms with Crippen LogP contribution >= 0.6 is 0 Å². The number of nitrogen functional groups attached to an aromatic ring is 1. The number of nitrogens with one attached hydrogen (secondary N) is 1. The fourth-order valence-corrected chi connectivity index (χ4v) is 4.97. The lowest BCUT2D eigenvalue weighted by atomic mass is 9.62. The van der Waals surface area contributed by atoms with Gasteiger partial charge < -0.3 is 15.8 Å². The van der Waals surface area contributed by atoms with Crippen molar-refractivity contribution in [2.24, 2.45) is 11.3 Å². The van der Waals surface area contributed by atoms with E-state index < -0.39 is 0 Å². The maximum Gasteiger partial charge on any atom is 0.0992 e. The third-order valence-corrected chi connectivity index (χ3v) is 6.73. The van der Waals surface area contributed by atoms with Gasteiger partial charge in [0, 0.05) is 12.6 Å². The summed E-state index contributed by atoms with van der Waals surface area (Å²) in [6.07, 6.45) is 10.5. The Hall–Kier alpha value is -1.73. The number of anilines is 2. The molecule has 0 aromatic heterocycles. The van der Waals surface area contributed by atoms with E-state index >= 15 is 0 Å². The third kappa shape index (κ3) is 4.32. The van der Waals surface area contributed by atoms with Gasteiger partial charge >= 0.3 is 0 Å². The lowest BCUT2D eigenvalue weighted by Crippen LogP contribution is -2.38. The molecule has 3 N–H and O–H groups in total. The van der Waals surface area contributed by atoms with Gasteiger partial charge in [-0.2, -0.15) is 5.26 Å². The predicted octanol–water partition coefficient (Wildman–Crippen LogP) is 5.10. The maximum atomic E-state index is 9.09. The molecule has 142 valence electrons. The Morgan fingerprint density at radius 2 is 1.88 bits per heavy atom. The van der Waals surface area contributed by atoms with E-state index in [2.05, 4.69) is 25.2 Å². The SMILES string of the molecule is CCOC1CCC(C)(C2CCC(Nc3cc(C#N)ccc3N)CC2)CC1. The van der Waals surface area contributed by atoms with Gasteiger partial charge in [-0.1, -0.05) is 6.92 Å². The highest BCUT2D eigenvalue weighted by atomic mass is 16.5. The Morgan fingerprint density at radius 1 is 1.19 bits per heavy atom. The molecule has 1 aromatic rings. The van der Waals surface area contributed by atoms with Crippen LogP contribution in [0.2, 0.25) is 0 Å². The average Bonchev–Trinajstić information content (AvgIpc) is 2.66. The summed E-state index contributed by atoms with van der Waals surface area (Å²) < 4.78 is 5.83. The van der Waals surface area contributed by atoms with Crippen LogP contribution < -0.4 is 11.1 Å². The van der Waals surface area contributed by atoms with Crippen molar-refractivity contribution in [3.05, 3.63) is 23.8 Å². The standard InChI is InChI=1S/C22H33N3O/c1-3-26-19-10-12-22(2,13-11-19)17-5-7-18(8-6-17)25-21-14-16(15-23)4-9-20(21)24/h4,9,14,17-19,25H,3,5-8,10-13,24H2,1-2H3. The zero-order valence-corrected chi connectivity index (χ0v) is 16.3. The summed E-state index contributed by atoms with van der Waals surface area (Å²) in [6, 6.07) is 8.13. The van der Waals surface area contributed by atoms with Crippen LogP contribution in [0.3, 0.4) is 0 Å². The molecular formula is C22H33N3O. The van der Waals surface area contributed by atoms with E-state index in [1.807, 2.05) is 12.1 Å². The van der Waals surface area contributed by atoms with Crippen LogP contribution in [0.25, 0.3) is 0 Å². The van der Waals surface area contributed by atoms with Crippen molar-refractivity contribution in [3.8, 4) is 6.07 Å². The van der Waals surface area contributed by atoms with E-state index in [4.69, 9.17) is 15.7 Å². The van der Waals surface area contributed by atoms with Gasteiger partial charge in [-0.05, 0) is 87.8 Å². The van der Waals surface area contributed by atoms with E-state index in [1.165, 1.54) is 51.4 Å². The van der Waals surface area contributed by atoms with Crippen molar-refractivity contribution in [3.63, 3.8) is 0 Å². The lowest BCUT2D eigenvalue weighted by Gasteiger charge is -2.46. The number of hydrogen-bond acceptors (Lipinski definition) is 4. The third-order valence-electron chi connectivity index (χ3n) is 6.73. The van der Waals surface area contributed by atoms with E-state index in [0.29, 0.717) is 23.1 Å². The smallest absolute Gasteiger partial charge is 0.0992 e. The number of nitrogens with two attached hydrogens (primary N) is 1. The minimum Gasteiger partial charge on any atom is -0.397 e. The van der Waals surface area contributed by atoms with Gasteiger partial charge in [0.05, 0.1) is 29.1 Å². The quantitative estimate of drug-likeness (QED) is 0.721. The first-order chi connectivity index (χ1) is 12.5. The number of nitriles is 1. The van der Waals surface area contributed by atoms with Crippen LogP contribution in [0.15, 0.2) is 18.2 Å². The average molecular weight is 356 g/mol. The molecule has 2 fully saturated rings. The zero-order chi connectivity index (χ0) is 18.6.